The van der Waals surface area contributed by atoms with E-state index in [1.807, 2.05) is 0 Å². The highest BCUT2D eigenvalue weighted by Gasteiger charge is 2.14. The number of hydrogen-bond donors (Lipinski definition) is 0. The predicted molar refractivity (Wildman–Crippen MR) is 91.0 cm³/mol. The molecule has 1 atom stereocenters. The van der Waals surface area contributed by atoms with Crippen molar-refractivity contribution in [2.45, 2.75) is 46.8 Å². The molecule has 0 radical (unpaired) electrons. The van der Waals surface area contributed by atoms with Gasteiger partial charge in [-0.2, -0.15) is 0 Å². The molecule has 0 saturated carbocycles. The van der Waals surface area contributed by atoms with Crippen LogP contribution >= 0.6 is 0 Å². The highest BCUT2D eigenvalue weighted by Crippen LogP contribution is 2.25. The maximum Gasteiger partial charge on any atom is 0.0844 e. The number of methoxy groups -OCH3 is 1. The number of rotatable bonds is 11. The Morgan fingerprint density at radius 3 is 2.32 bits per heavy atom. The highest BCUT2D eigenvalue weighted by molar-refractivity contribution is 5.25. The van der Waals surface area contributed by atoms with Crippen LogP contribution in [0.1, 0.15) is 51.3 Å². The quantitative estimate of drug-likeness (QED) is 0.559. The molecule has 0 aliphatic carbocycles. The molecule has 1 unspecified atom stereocenters. The van der Waals surface area contributed by atoms with Crippen LogP contribution in [0.4, 0.5) is 0 Å². The predicted octanol–water partition coefficient (Wildman–Crippen LogP) is 4.61. The standard InChI is InChI=1S/C19H32O3/c1-15(2)9-10-21-11-12-22-14-17-7-6-8-18(13-17)19(20-5)16(3)4/h6-8,13,15-16,19H,9-12,14H2,1-5H3. The smallest absolute Gasteiger partial charge is 0.0844 e. The van der Waals surface area contributed by atoms with Crippen molar-refractivity contribution in [2.75, 3.05) is 26.9 Å². The fourth-order valence-corrected chi connectivity index (χ4v) is 2.38. The van der Waals surface area contributed by atoms with Crippen molar-refractivity contribution in [1.29, 1.82) is 0 Å². The third-order valence-electron chi connectivity index (χ3n) is 3.62. The summed E-state index contributed by atoms with van der Waals surface area (Å²) >= 11 is 0. The van der Waals surface area contributed by atoms with E-state index < -0.39 is 0 Å². The van der Waals surface area contributed by atoms with E-state index in [1.165, 1.54) is 11.1 Å². The summed E-state index contributed by atoms with van der Waals surface area (Å²) < 4.78 is 16.8. The molecule has 0 aliphatic heterocycles. The molecule has 0 heterocycles. The van der Waals surface area contributed by atoms with E-state index in [2.05, 4.69) is 52.0 Å². The average Bonchev–Trinajstić information content (AvgIpc) is 2.47. The van der Waals surface area contributed by atoms with Gasteiger partial charge in [-0.15, -0.1) is 0 Å². The first-order valence-corrected chi connectivity index (χ1v) is 8.31. The molecule has 0 amide bonds. The number of benzene rings is 1. The summed E-state index contributed by atoms with van der Waals surface area (Å²) in [5.41, 5.74) is 2.40. The summed E-state index contributed by atoms with van der Waals surface area (Å²) in [6.07, 6.45) is 1.25. The zero-order valence-electron chi connectivity index (χ0n) is 14.8. The van der Waals surface area contributed by atoms with E-state index in [0.29, 0.717) is 31.7 Å². The summed E-state index contributed by atoms with van der Waals surface area (Å²) in [6.45, 7) is 11.5. The van der Waals surface area contributed by atoms with Crippen molar-refractivity contribution in [3.8, 4) is 0 Å². The Morgan fingerprint density at radius 1 is 0.955 bits per heavy atom. The van der Waals surface area contributed by atoms with E-state index in [-0.39, 0.29) is 6.10 Å². The van der Waals surface area contributed by atoms with E-state index in [9.17, 15) is 0 Å². The molecule has 0 fully saturated rings. The van der Waals surface area contributed by atoms with E-state index in [1.54, 1.807) is 7.11 Å². The summed E-state index contributed by atoms with van der Waals surface area (Å²) in [5.74, 6) is 1.15. The second kappa shape index (κ2) is 10.8. The molecule has 22 heavy (non-hydrogen) atoms. The third-order valence-corrected chi connectivity index (χ3v) is 3.62. The van der Waals surface area contributed by atoms with Gasteiger partial charge in [-0.25, -0.2) is 0 Å². The molecule has 1 aromatic carbocycles. The lowest BCUT2D eigenvalue weighted by Crippen LogP contribution is -2.10. The molecule has 126 valence electrons. The molecule has 3 nitrogen and oxygen atoms in total. The van der Waals surface area contributed by atoms with Gasteiger partial charge in [0, 0.05) is 13.7 Å². The van der Waals surface area contributed by atoms with Gasteiger partial charge in [0.2, 0.25) is 0 Å². The normalized spacial score (nSPS) is 13.0. The number of hydrogen-bond acceptors (Lipinski definition) is 3. The van der Waals surface area contributed by atoms with Crippen molar-refractivity contribution in [3.63, 3.8) is 0 Å². The molecular weight excluding hydrogens is 276 g/mol. The van der Waals surface area contributed by atoms with E-state index >= 15 is 0 Å². The first-order valence-electron chi connectivity index (χ1n) is 8.31. The van der Waals surface area contributed by atoms with Crippen molar-refractivity contribution in [3.05, 3.63) is 35.4 Å². The Bertz CT molecular complexity index is 401. The Balaban J connectivity index is 2.31. The molecule has 0 aromatic heterocycles. The zero-order chi connectivity index (χ0) is 16.4. The lowest BCUT2D eigenvalue weighted by Gasteiger charge is -2.20. The van der Waals surface area contributed by atoms with Gasteiger partial charge in [0.25, 0.3) is 0 Å². The molecule has 1 rings (SSSR count). The first kappa shape index (κ1) is 19.1. The van der Waals surface area contributed by atoms with Crippen LogP contribution in [-0.4, -0.2) is 26.9 Å². The maximum absolute atomic E-state index is 5.69. The van der Waals surface area contributed by atoms with Gasteiger partial charge in [0.1, 0.15) is 0 Å². The van der Waals surface area contributed by atoms with Crippen LogP contribution < -0.4 is 0 Å². The largest absolute Gasteiger partial charge is 0.379 e. The summed E-state index contributed by atoms with van der Waals surface area (Å²) in [6, 6.07) is 8.46. The zero-order valence-corrected chi connectivity index (χ0v) is 14.8. The molecule has 0 N–H and O–H groups in total. The fourth-order valence-electron chi connectivity index (χ4n) is 2.38. The van der Waals surface area contributed by atoms with Gasteiger partial charge < -0.3 is 14.2 Å². The fraction of sp³-hybridized carbons (Fsp3) is 0.684. The van der Waals surface area contributed by atoms with Crippen molar-refractivity contribution < 1.29 is 14.2 Å². The molecule has 1 aromatic rings. The summed E-state index contributed by atoms with van der Waals surface area (Å²) in [7, 11) is 1.77. The van der Waals surface area contributed by atoms with Gasteiger partial charge in [0.15, 0.2) is 0 Å². The minimum absolute atomic E-state index is 0.138. The molecule has 0 saturated heterocycles. The van der Waals surface area contributed by atoms with Gasteiger partial charge >= 0.3 is 0 Å². The summed E-state index contributed by atoms with van der Waals surface area (Å²) in [5, 5.41) is 0. The van der Waals surface area contributed by atoms with Crippen LogP contribution in [0.5, 0.6) is 0 Å². The van der Waals surface area contributed by atoms with Gasteiger partial charge in [0.05, 0.1) is 25.9 Å². The minimum atomic E-state index is 0.138. The third kappa shape index (κ3) is 7.39. The Kier molecular flexibility index (Phi) is 9.37. The molecule has 0 aliphatic rings. The van der Waals surface area contributed by atoms with Crippen LogP contribution in [0.25, 0.3) is 0 Å². The molecule has 0 bridgehead atoms. The van der Waals surface area contributed by atoms with Crippen LogP contribution in [0.3, 0.4) is 0 Å². The minimum Gasteiger partial charge on any atom is -0.379 e. The molecule has 0 spiro atoms. The number of ether oxygens (including phenoxy) is 3. The Labute approximate surface area is 136 Å². The molecule has 3 heteroatoms. The van der Waals surface area contributed by atoms with Gasteiger partial charge in [-0.3, -0.25) is 0 Å². The van der Waals surface area contributed by atoms with Gasteiger partial charge in [-0.1, -0.05) is 52.0 Å². The Hall–Kier alpha value is -0.900. The van der Waals surface area contributed by atoms with Crippen molar-refractivity contribution in [2.24, 2.45) is 11.8 Å². The van der Waals surface area contributed by atoms with Crippen LogP contribution in [-0.2, 0) is 20.8 Å². The molecular formula is C19H32O3. The monoisotopic (exact) mass is 308 g/mol. The van der Waals surface area contributed by atoms with Crippen LogP contribution in [0, 0.1) is 11.8 Å². The average molecular weight is 308 g/mol. The topological polar surface area (TPSA) is 27.7 Å². The van der Waals surface area contributed by atoms with Crippen molar-refractivity contribution in [1.82, 2.24) is 0 Å². The second-order valence-electron chi connectivity index (χ2n) is 6.49. The van der Waals surface area contributed by atoms with Gasteiger partial charge in [-0.05, 0) is 29.4 Å². The van der Waals surface area contributed by atoms with Crippen LogP contribution in [0.15, 0.2) is 24.3 Å². The highest BCUT2D eigenvalue weighted by atomic mass is 16.5. The lowest BCUT2D eigenvalue weighted by atomic mass is 9.97. The summed E-state index contributed by atoms with van der Waals surface area (Å²) in [4.78, 5) is 0. The first-order chi connectivity index (χ1) is 10.5. The van der Waals surface area contributed by atoms with Crippen molar-refractivity contribution >= 4 is 0 Å². The SMILES string of the molecule is COC(c1cccc(COCCOCCC(C)C)c1)C(C)C. The van der Waals surface area contributed by atoms with Crippen LogP contribution in [0.2, 0.25) is 0 Å². The second-order valence-corrected chi connectivity index (χ2v) is 6.49. The van der Waals surface area contributed by atoms with E-state index in [0.717, 1.165) is 13.0 Å². The Morgan fingerprint density at radius 2 is 1.68 bits per heavy atom. The maximum atomic E-state index is 5.69. The van der Waals surface area contributed by atoms with E-state index in [4.69, 9.17) is 14.2 Å². The lowest BCUT2D eigenvalue weighted by molar-refractivity contribution is 0.0369.